The maximum Gasteiger partial charge on any atom is 0.223 e. The van der Waals surface area contributed by atoms with E-state index in [4.69, 9.17) is 5.73 Å². The lowest BCUT2D eigenvalue weighted by molar-refractivity contribution is -0.126. The van der Waals surface area contributed by atoms with Crippen LogP contribution in [-0.4, -0.2) is 18.0 Å². The van der Waals surface area contributed by atoms with Crippen LogP contribution in [0.15, 0.2) is 0 Å². The molecular formula is C17H32N2O. The van der Waals surface area contributed by atoms with Gasteiger partial charge in [0, 0.05) is 18.0 Å². The number of nitrogens with one attached hydrogen (secondary N) is 1. The first kappa shape index (κ1) is 15.8. The maximum atomic E-state index is 12.5. The van der Waals surface area contributed by atoms with E-state index in [-0.39, 0.29) is 5.92 Å². The van der Waals surface area contributed by atoms with Crippen molar-refractivity contribution in [3.05, 3.63) is 0 Å². The molecule has 2 aliphatic carbocycles. The number of rotatable bonds is 5. The van der Waals surface area contributed by atoms with E-state index in [2.05, 4.69) is 12.2 Å². The van der Waals surface area contributed by atoms with Crippen molar-refractivity contribution in [1.82, 2.24) is 5.32 Å². The summed E-state index contributed by atoms with van der Waals surface area (Å²) in [7, 11) is 0. The van der Waals surface area contributed by atoms with E-state index < -0.39 is 0 Å². The fraction of sp³-hybridized carbons (Fsp3) is 0.941. The van der Waals surface area contributed by atoms with Gasteiger partial charge in [-0.25, -0.2) is 0 Å². The molecule has 2 aliphatic rings. The van der Waals surface area contributed by atoms with Crippen molar-refractivity contribution in [2.24, 2.45) is 17.6 Å². The Kier molecular flexibility index (Phi) is 6.34. The lowest BCUT2D eigenvalue weighted by atomic mass is 9.81. The van der Waals surface area contributed by atoms with Gasteiger partial charge in [-0.05, 0) is 44.4 Å². The van der Waals surface area contributed by atoms with Crippen LogP contribution in [0.1, 0.15) is 77.6 Å². The van der Waals surface area contributed by atoms with Gasteiger partial charge in [-0.1, -0.05) is 39.0 Å². The molecule has 0 aromatic rings. The van der Waals surface area contributed by atoms with Gasteiger partial charge in [0.1, 0.15) is 0 Å². The number of amides is 1. The van der Waals surface area contributed by atoms with Crippen LogP contribution in [0.3, 0.4) is 0 Å². The fourth-order valence-corrected chi connectivity index (χ4v) is 3.87. The minimum Gasteiger partial charge on any atom is -0.353 e. The van der Waals surface area contributed by atoms with Crippen molar-refractivity contribution >= 4 is 5.91 Å². The van der Waals surface area contributed by atoms with E-state index in [0.717, 1.165) is 44.4 Å². The quantitative estimate of drug-likeness (QED) is 0.811. The molecule has 2 rings (SSSR count). The largest absolute Gasteiger partial charge is 0.353 e. The topological polar surface area (TPSA) is 55.1 Å². The first-order valence-electron chi connectivity index (χ1n) is 8.75. The molecule has 0 spiro atoms. The van der Waals surface area contributed by atoms with Gasteiger partial charge in [-0.2, -0.15) is 0 Å². The molecule has 3 nitrogen and oxygen atoms in total. The Morgan fingerprint density at radius 2 is 1.75 bits per heavy atom. The number of carbonyl (C=O) groups excluding carboxylic acids is 1. The predicted molar refractivity (Wildman–Crippen MR) is 83.3 cm³/mol. The third kappa shape index (κ3) is 4.76. The average Bonchev–Trinajstić information content (AvgIpc) is 2.48. The molecule has 1 atom stereocenters. The monoisotopic (exact) mass is 280 g/mol. The standard InChI is InChI=1S/C17H32N2O/c1-2-14(12-13-6-4-3-5-7-13)17(20)19-16-10-8-15(18)9-11-16/h13-16H,2-12,18H2,1H3,(H,19,20). The summed E-state index contributed by atoms with van der Waals surface area (Å²) in [6, 6.07) is 0.732. The van der Waals surface area contributed by atoms with Crippen molar-refractivity contribution in [1.29, 1.82) is 0 Å². The Hall–Kier alpha value is -0.570. The van der Waals surface area contributed by atoms with E-state index in [1.165, 1.54) is 32.1 Å². The molecule has 116 valence electrons. The summed E-state index contributed by atoms with van der Waals surface area (Å²) >= 11 is 0. The zero-order valence-electron chi connectivity index (χ0n) is 13.1. The number of nitrogens with two attached hydrogens (primary N) is 1. The molecule has 0 saturated heterocycles. The molecule has 0 aromatic carbocycles. The molecule has 1 unspecified atom stereocenters. The summed E-state index contributed by atoms with van der Waals surface area (Å²) in [5.74, 6) is 1.33. The van der Waals surface area contributed by atoms with Crippen LogP contribution in [-0.2, 0) is 4.79 Å². The van der Waals surface area contributed by atoms with Crippen LogP contribution >= 0.6 is 0 Å². The van der Waals surface area contributed by atoms with E-state index in [0.29, 0.717) is 18.0 Å². The van der Waals surface area contributed by atoms with Crippen LogP contribution in [0.25, 0.3) is 0 Å². The third-order valence-electron chi connectivity index (χ3n) is 5.32. The van der Waals surface area contributed by atoms with Crippen LogP contribution < -0.4 is 11.1 Å². The molecule has 20 heavy (non-hydrogen) atoms. The van der Waals surface area contributed by atoms with Gasteiger partial charge in [-0.3, -0.25) is 4.79 Å². The smallest absolute Gasteiger partial charge is 0.223 e. The normalized spacial score (nSPS) is 29.9. The Morgan fingerprint density at radius 3 is 2.35 bits per heavy atom. The molecular weight excluding hydrogens is 248 g/mol. The first-order chi connectivity index (χ1) is 9.69. The lowest BCUT2D eigenvalue weighted by Crippen LogP contribution is -2.43. The highest BCUT2D eigenvalue weighted by Gasteiger charge is 2.26. The summed E-state index contributed by atoms with van der Waals surface area (Å²) in [6.07, 6.45) is 13.1. The molecule has 0 aromatic heterocycles. The molecule has 0 aliphatic heterocycles. The molecule has 3 heteroatoms. The highest BCUT2D eigenvalue weighted by molar-refractivity contribution is 5.78. The second kappa shape index (κ2) is 8.02. The van der Waals surface area contributed by atoms with E-state index in [9.17, 15) is 4.79 Å². The van der Waals surface area contributed by atoms with Gasteiger partial charge in [0.15, 0.2) is 0 Å². The van der Waals surface area contributed by atoms with E-state index in [1.54, 1.807) is 0 Å². The Morgan fingerprint density at radius 1 is 1.10 bits per heavy atom. The summed E-state index contributed by atoms with van der Waals surface area (Å²) in [6.45, 7) is 2.16. The first-order valence-corrected chi connectivity index (χ1v) is 8.75. The second-order valence-electron chi connectivity index (χ2n) is 6.97. The molecule has 0 bridgehead atoms. The molecule has 0 heterocycles. The average molecular weight is 280 g/mol. The summed E-state index contributed by atoms with van der Waals surface area (Å²) in [5, 5.41) is 3.29. The Labute approximate surface area is 124 Å². The summed E-state index contributed by atoms with van der Waals surface area (Å²) in [4.78, 5) is 12.5. The van der Waals surface area contributed by atoms with Gasteiger partial charge in [0.25, 0.3) is 0 Å². The minimum absolute atomic E-state index is 0.230. The molecule has 3 N–H and O–H groups in total. The zero-order chi connectivity index (χ0) is 14.4. The van der Waals surface area contributed by atoms with Gasteiger partial charge in [0.2, 0.25) is 5.91 Å². The zero-order valence-corrected chi connectivity index (χ0v) is 13.1. The lowest BCUT2D eigenvalue weighted by Gasteiger charge is -2.30. The van der Waals surface area contributed by atoms with Crippen LogP contribution in [0.5, 0.6) is 0 Å². The second-order valence-corrected chi connectivity index (χ2v) is 6.97. The summed E-state index contributed by atoms with van der Waals surface area (Å²) < 4.78 is 0. The number of carbonyl (C=O) groups is 1. The van der Waals surface area contributed by atoms with Crippen LogP contribution in [0, 0.1) is 11.8 Å². The molecule has 0 radical (unpaired) electrons. The number of hydrogen-bond donors (Lipinski definition) is 2. The highest BCUT2D eigenvalue weighted by Crippen LogP contribution is 2.30. The highest BCUT2D eigenvalue weighted by atomic mass is 16.1. The van der Waals surface area contributed by atoms with Gasteiger partial charge < -0.3 is 11.1 Å². The van der Waals surface area contributed by atoms with Crippen molar-refractivity contribution in [3.63, 3.8) is 0 Å². The van der Waals surface area contributed by atoms with Crippen molar-refractivity contribution < 1.29 is 4.79 Å². The maximum absolute atomic E-state index is 12.5. The van der Waals surface area contributed by atoms with Crippen molar-refractivity contribution in [2.75, 3.05) is 0 Å². The van der Waals surface area contributed by atoms with Crippen molar-refractivity contribution in [3.8, 4) is 0 Å². The SMILES string of the molecule is CCC(CC1CCCCC1)C(=O)NC1CCC(N)CC1. The van der Waals surface area contributed by atoms with Gasteiger partial charge in [0.05, 0.1) is 0 Å². The third-order valence-corrected chi connectivity index (χ3v) is 5.32. The Bertz CT molecular complexity index is 291. The molecule has 2 saturated carbocycles. The van der Waals surface area contributed by atoms with Crippen LogP contribution in [0.2, 0.25) is 0 Å². The molecule has 2 fully saturated rings. The Balaban J connectivity index is 1.76. The fourth-order valence-electron chi connectivity index (χ4n) is 3.87. The van der Waals surface area contributed by atoms with Gasteiger partial charge in [-0.15, -0.1) is 0 Å². The number of hydrogen-bond acceptors (Lipinski definition) is 2. The predicted octanol–water partition coefficient (Wildman–Crippen LogP) is 3.37. The van der Waals surface area contributed by atoms with E-state index in [1.807, 2.05) is 0 Å². The molecule has 1 amide bonds. The van der Waals surface area contributed by atoms with Crippen LogP contribution in [0.4, 0.5) is 0 Å². The minimum atomic E-state index is 0.230. The van der Waals surface area contributed by atoms with Gasteiger partial charge >= 0.3 is 0 Å². The van der Waals surface area contributed by atoms with E-state index >= 15 is 0 Å². The van der Waals surface area contributed by atoms with Crippen molar-refractivity contribution in [2.45, 2.75) is 89.6 Å². The summed E-state index contributed by atoms with van der Waals surface area (Å²) in [5.41, 5.74) is 5.92.